The summed E-state index contributed by atoms with van der Waals surface area (Å²) in [5.41, 5.74) is 1.46. The predicted octanol–water partition coefficient (Wildman–Crippen LogP) is 3.00. The fourth-order valence-electron chi connectivity index (χ4n) is 1.97. The Labute approximate surface area is 108 Å². The fourth-order valence-corrected chi connectivity index (χ4v) is 1.97. The van der Waals surface area contributed by atoms with E-state index in [1.807, 2.05) is 36.5 Å². The van der Waals surface area contributed by atoms with Gasteiger partial charge in [0.2, 0.25) is 0 Å². The molecule has 0 aliphatic heterocycles. The minimum absolute atomic E-state index is 0.102. The summed E-state index contributed by atoms with van der Waals surface area (Å²) in [6.07, 6.45) is 5.36. The molecular formula is C15H11NO3. The molecule has 94 valence electrons. The number of H-pyrrole nitrogens is 1. The Morgan fingerprint density at radius 1 is 1.16 bits per heavy atom. The lowest BCUT2D eigenvalue weighted by Gasteiger charge is -1.94. The van der Waals surface area contributed by atoms with Gasteiger partial charge in [-0.25, -0.2) is 4.79 Å². The van der Waals surface area contributed by atoms with Crippen LogP contribution in [0.4, 0.5) is 0 Å². The van der Waals surface area contributed by atoms with Crippen molar-refractivity contribution in [3.05, 3.63) is 64.3 Å². The van der Waals surface area contributed by atoms with Crippen LogP contribution in [0, 0.1) is 0 Å². The summed E-state index contributed by atoms with van der Waals surface area (Å²) < 4.78 is 4.96. The van der Waals surface area contributed by atoms with Crippen LogP contribution < -0.4 is 5.63 Å². The van der Waals surface area contributed by atoms with Crippen LogP contribution in [0.3, 0.4) is 0 Å². The molecular weight excluding hydrogens is 242 g/mol. The van der Waals surface area contributed by atoms with Crippen molar-refractivity contribution in [2.24, 2.45) is 0 Å². The Bertz CT molecular complexity index is 811. The van der Waals surface area contributed by atoms with Gasteiger partial charge in [0.1, 0.15) is 11.5 Å². The van der Waals surface area contributed by atoms with Gasteiger partial charge in [-0.15, -0.1) is 0 Å². The lowest BCUT2D eigenvalue weighted by Crippen LogP contribution is -1.95. The van der Waals surface area contributed by atoms with Crippen molar-refractivity contribution < 1.29 is 9.52 Å². The highest BCUT2D eigenvalue weighted by Crippen LogP contribution is 2.20. The number of aromatic nitrogens is 1. The summed E-state index contributed by atoms with van der Waals surface area (Å²) in [6, 6.07) is 10.3. The molecule has 0 saturated heterocycles. The van der Waals surface area contributed by atoms with Gasteiger partial charge in [0.05, 0.1) is 6.07 Å². The number of fused-ring (bicyclic) bond motifs is 1. The van der Waals surface area contributed by atoms with Crippen molar-refractivity contribution in [1.82, 2.24) is 4.98 Å². The van der Waals surface area contributed by atoms with E-state index in [1.54, 1.807) is 6.08 Å². The second kappa shape index (κ2) is 4.49. The molecule has 2 heterocycles. The highest BCUT2D eigenvalue weighted by atomic mass is 16.4. The molecule has 4 heteroatoms. The zero-order valence-electron chi connectivity index (χ0n) is 9.96. The quantitative estimate of drug-likeness (QED) is 0.737. The van der Waals surface area contributed by atoms with E-state index >= 15 is 0 Å². The zero-order valence-corrected chi connectivity index (χ0v) is 9.96. The molecule has 0 unspecified atom stereocenters. The predicted molar refractivity (Wildman–Crippen MR) is 73.9 cm³/mol. The minimum atomic E-state index is -0.571. The van der Waals surface area contributed by atoms with Crippen LogP contribution in [0.1, 0.15) is 11.3 Å². The van der Waals surface area contributed by atoms with Crippen LogP contribution in [0.25, 0.3) is 23.1 Å². The summed E-state index contributed by atoms with van der Waals surface area (Å²) in [6.45, 7) is 0. The largest absolute Gasteiger partial charge is 0.508 e. The Kier molecular flexibility index (Phi) is 2.68. The van der Waals surface area contributed by atoms with Crippen LogP contribution in [0.2, 0.25) is 0 Å². The molecule has 19 heavy (non-hydrogen) atoms. The number of aromatic amines is 1. The van der Waals surface area contributed by atoms with E-state index in [-0.39, 0.29) is 5.75 Å². The van der Waals surface area contributed by atoms with E-state index in [1.165, 1.54) is 6.07 Å². The molecule has 0 aliphatic rings. The maximum atomic E-state index is 11.1. The van der Waals surface area contributed by atoms with Crippen LogP contribution >= 0.6 is 0 Å². The summed E-state index contributed by atoms with van der Waals surface area (Å²) in [4.78, 5) is 14.3. The molecule has 0 bridgehead atoms. The van der Waals surface area contributed by atoms with Crippen LogP contribution in [0.15, 0.2) is 51.8 Å². The van der Waals surface area contributed by atoms with Crippen LogP contribution in [0.5, 0.6) is 5.75 Å². The number of hydrogen-bond donors (Lipinski definition) is 2. The average molecular weight is 253 g/mol. The van der Waals surface area contributed by atoms with Gasteiger partial charge in [-0.1, -0.05) is 18.2 Å². The summed E-state index contributed by atoms with van der Waals surface area (Å²) in [5.74, 6) is 0.213. The first-order valence-electron chi connectivity index (χ1n) is 5.81. The molecule has 2 aromatic heterocycles. The lowest BCUT2D eigenvalue weighted by molar-refractivity contribution is 0.444. The van der Waals surface area contributed by atoms with Crippen LogP contribution in [-0.4, -0.2) is 10.1 Å². The smallest absolute Gasteiger partial charge is 0.339 e. The standard InChI is InChI=1S/C15H11NO3/c17-11-7-12(19-15(18)8-11)6-5-10-9-16-14-4-2-1-3-13(10)14/h1-9,16-17H. The first kappa shape index (κ1) is 11.3. The molecule has 0 atom stereocenters. The van der Waals surface area contributed by atoms with Gasteiger partial charge in [-0.3, -0.25) is 0 Å². The molecule has 0 saturated carbocycles. The fraction of sp³-hybridized carbons (Fsp3) is 0. The third-order valence-corrected chi connectivity index (χ3v) is 2.82. The van der Waals surface area contributed by atoms with Crippen molar-refractivity contribution in [1.29, 1.82) is 0 Å². The van der Waals surface area contributed by atoms with Gasteiger partial charge in [-0.2, -0.15) is 0 Å². The first-order valence-corrected chi connectivity index (χ1v) is 5.81. The lowest BCUT2D eigenvalue weighted by atomic mass is 10.1. The van der Waals surface area contributed by atoms with Crippen molar-refractivity contribution in [2.75, 3.05) is 0 Å². The highest BCUT2D eigenvalue weighted by Gasteiger charge is 2.00. The van der Waals surface area contributed by atoms with Crippen molar-refractivity contribution in [2.45, 2.75) is 0 Å². The minimum Gasteiger partial charge on any atom is -0.508 e. The average Bonchev–Trinajstić information content (AvgIpc) is 2.78. The molecule has 0 aliphatic carbocycles. The molecule has 0 spiro atoms. The number of hydrogen-bond acceptors (Lipinski definition) is 3. The number of nitrogens with one attached hydrogen (secondary N) is 1. The van der Waals surface area contributed by atoms with E-state index in [9.17, 15) is 9.90 Å². The van der Waals surface area contributed by atoms with Gasteiger partial charge < -0.3 is 14.5 Å². The topological polar surface area (TPSA) is 66.2 Å². The van der Waals surface area contributed by atoms with Crippen molar-refractivity contribution in [3.8, 4) is 5.75 Å². The Balaban J connectivity index is 2.00. The summed E-state index contributed by atoms with van der Waals surface area (Å²) in [7, 11) is 0. The summed E-state index contributed by atoms with van der Waals surface area (Å²) >= 11 is 0. The monoisotopic (exact) mass is 253 g/mol. The number of aromatic hydroxyl groups is 1. The molecule has 2 N–H and O–H groups in total. The van der Waals surface area contributed by atoms with Gasteiger partial charge in [0.25, 0.3) is 0 Å². The maximum absolute atomic E-state index is 11.1. The van der Waals surface area contributed by atoms with E-state index < -0.39 is 5.63 Å². The third kappa shape index (κ3) is 2.28. The zero-order chi connectivity index (χ0) is 13.2. The first-order chi connectivity index (χ1) is 9.22. The molecule has 4 nitrogen and oxygen atoms in total. The molecule has 0 fully saturated rings. The normalized spacial score (nSPS) is 11.4. The van der Waals surface area contributed by atoms with E-state index in [4.69, 9.17) is 4.42 Å². The molecule has 0 radical (unpaired) electrons. The van der Waals surface area contributed by atoms with Crippen molar-refractivity contribution >= 4 is 23.1 Å². The molecule has 3 aromatic rings. The van der Waals surface area contributed by atoms with Crippen LogP contribution in [-0.2, 0) is 0 Å². The molecule has 3 rings (SSSR count). The second-order valence-corrected chi connectivity index (χ2v) is 4.16. The number of benzene rings is 1. The summed E-state index contributed by atoms with van der Waals surface area (Å²) in [5, 5.41) is 10.4. The van der Waals surface area contributed by atoms with Gasteiger partial charge in [-0.05, 0) is 23.8 Å². The van der Waals surface area contributed by atoms with E-state index in [2.05, 4.69) is 4.98 Å². The van der Waals surface area contributed by atoms with Gasteiger partial charge in [0.15, 0.2) is 0 Å². The Hall–Kier alpha value is -2.75. The molecule has 0 amide bonds. The van der Waals surface area contributed by atoms with Gasteiger partial charge >= 0.3 is 5.63 Å². The van der Waals surface area contributed by atoms with E-state index in [0.717, 1.165) is 22.5 Å². The second-order valence-electron chi connectivity index (χ2n) is 4.16. The Morgan fingerprint density at radius 2 is 2.00 bits per heavy atom. The maximum Gasteiger partial charge on any atom is 0.339 e. The SMILES string of the molecule is O=c1cc(O)cc(C=Cc2c[nH]c3ccccc23)o1. The Morgan fingerprint density at radius 3 is 2.84 bits per heavy atom. The number of para-hydroxylation sites is 1. The third-order valence-electron chi connectivity index (χ3n) is 2.82. The van der Waals surface area contributed by atoms with Gasteiger partial charge in [0, 0.05) is 23.2 Å². The molecule has 1 aromatic carbocycles. The van der Waals surface area contributed by atoms with Crippen molar-refractivity contribution in [3.63, 3.8) is 0 Å². The number of rotatable bonds is 2. The van der Waals surface area contributed by atoms with E-state index in [0.29, 0.717) is 5.76 Å². The highest BCUT2D eigenvalue weighted by molar-refractivity contribution is 5.91.